The summed E-state index contributed by atoms with van der Waals surface area (Å²) in [5.74, 6) is -0.514. The summed E-state index contributed by atoms with van der Waals surface area (Å²) < 4.78 is 14.6. The maximum atomic E-state index is 13.9. The van der Waals surface area contributed by atoms with Crippen molar-refractivity contribution in [3.8, 4) is 0 Å². The highest BCUT2D eigenvalue weighted by Crippen LogP contribution is 2.30. The number of hydrogen-bond donors (Lipinski definition) is 2. The van der Waals surface area contributed by atoms with Gasteiger partial charge in [0.25, 0.3) is 0 Å². The molecule has 106 valence electrons. The number of hydrogen-bond acceptors (Lipinski definition) is 2. The van der Waals surface area contributed by atoms with Gasteiger partial charge in [0.1, 0.15) is 11.9 Å². The SMILES string of the molecule is Cc1ccc(C(O)c2ccc([C@@H](C)O)c(F)c2)c(Br)c1. The second-order valence-corrected chi connectivity index (χ2v) is 5.74. The van der Waals surface area contributed by atoms with Gasteiger partial charge in [-0.25, -0.2) is 4.39 Å². The van der Waals surface area contributed by atoms with Crippen LogP contribution in [0, 0.1) is 12.7 Å². The van der Waals surface area contributed by atoms with Crippen molar-refractivity contribution in [2.75, 3.05) is 0 Å². The Hall–Kier alpha value is -1.23. The van der Waals surface area contributed by atoms with E-state index in [2.05, 4.69) is 15.9 Å². The van der Waals surface area contributed by atoms with E-state index in [1.165, 1.54) is 19.1 Å². The third-order valence-corrected chi connectivity index (χ3v) is 3.93. The largest absolute Gasteiger partial charge is 0.389 e. The lowest BCUT2D eigenvalue weighted by atomic mass is 9.98. The van der Waals surface area contributed by atoms with Crippen molar-refractivity contribution in [3.05, 3.63) is 68.9 Å². The summed E-state index contributed by atoms with van der Waals surface area (Å²) in [7, 11) is 0. The van der Waals surface area contributed by atoms with Gasteiger partial charge in [-0.05, 0) is 42.7 Å². The van der Waals surface area contributed by atoms with Crippen LogP contribution < -0.4 is 0 Å². The maximum absolute atomic E-state index is 13.9. The molecule has 0 aliphatic heterocycles. The molecule has 4 heteroatoms. The van der Waals surface area contributed by atoms with E-state index in [0.29, 0.717) is 11.1 Å². The van der Waals surface area contributed by atoms with Gasteiger partial charge in [0, 0.05) is 10.0 Å². The standard InChI is InChI=1S/C16H16BrFO2/c1-9-3-5-13(14(17)7-9)16(20)11-4-6-12(10(2)19)15(18)8-11/h3-8,10,16,19-20H,1-2H3/t10-,16?/m1/s1. The molecule has 0 amide bonds. The van der Waals surface area contributed by atoms with E-state index in [4.69, 9.17) is 0 Å². The summed E-state index contributed by atoms with van der Waals surface area (Å²) in [5.41, 5.74) is 2.43. The van der Waals surface area contributed by atoms with Gasteiger partial charge in [-0.15, -0.1) is 0 Å². The summed E-state index contributed by atoms with van der Waals surface area (Å²) in [6, 6.07) is 10.00. The molecular weight excluding hydrogens is 323 g/mol. The Balaban J connectivity index is 2.38. The molecule has 0 heterocycles. The molecule has 0 saturated heterocycles. The molecule has 0 aliphatic rings. The van der Waals surface area contributed by atoms with Crippen molar-refractivity contribution in [2.45, 2.75) is 26.1 Å². The van der Waals surface area contributed by atoms with Gasteiger partial charge >= 0.3 is 0 Å². The first-order chi connectivity index (χ1) is 9.40. The van der Waals surface area contributed by atoms with Crippen LogP contribution in [0.25, 0.3) is 0 Å². The van der Waals surface area contributed by atoms with Crippen molar-refractivity contribution in [1.29, 1.82) is 0 Å². The van der Waals surface area contributed by atoms with Crippen LogP contribution in [0.3, 0.4) is 0 Å². The average Bonchev–Trinajstić information content (AvgIpc) is 2.37. The zero-order chi connectivity index (χ0) is 14.9. The van der Waals surface area contributed by atoms with E-state index in [9.17, 15) is 14.6 Å². The Morgan fingerprint density at radius 3 is 2.25 bits per heavy atom. The lowest BCUT2D eigenvalue weighted by Crippen LogP contribution is -2.04. The number of rotatable bonds is 3. The van der Waals surface area contributed by atoms with Crippen LogP contribution in [0.2, 0.25) is 0 Å². The van der Waals surface area contributed by atoms with Crippen molar-refractivity contribution in [2.24, 2.45) is 0 Å². The Morgan fingerprint density at radius 2 is 1.70 bits per heavy atom. The molecule has 2 nitrogen and oxygen atoms in total. The Labute approximate surface area is 126 Å². The normalized spacial score (nSPS) is 14.1. The predicted octanol–water partition coefficient (Wildman–Crippen LogP) is 4.03. The van der Waals surface area contributed by atoms with Gasteiger partial charge in [-0.3, -0.25) is 0 Å². The second-order valence-electron chi connectivity index (χ2n) is 4.88. The average molecular weight is 339 g/mol. The first-order valence-corrected chi connectivity index (χ1v) is 7.11. The lowest BCUT2D eigenvalue weighted by Gasteiger charge is -2.15. The summed E-state index contributed by atoms with van der Waals surface area (Å²) >= 11 is 3.41. The molecule has 0 saturated carbocycles. The van der Waals surface area contributed by atoms with Crippen molar-refractivity contribution >= 4 is 15.9 Å². The molecule has 2 rings (SSSR count). The number of aryl methyl sites for hydroxylation is 1. The van der Waals surface area contributed by atoms with Crippen LogP contribution in [-0.4, -0.2) is 10.2 Å². The predicted molar refractivity (Wildman–Crippen MR) is 80.0 cm³/mol. The van der Waals surface area contributed by atoms with E-state index < -0.39 is 18.0 Å². The first-order valence-electron chi connectivity index (χ1n) is 6.31. The minimum Gasteiger partial charge on any atom is -0.389 e. The highest BCUT2D eigenvalue weighted by atomic mass is 79.9. The molecule has 0 aliphatic carbocycles. The highest BCUT2D eigenvalue weighted by molar-refractivity contribution is 9.10. The fourth-order valence-electron chi connectivity index (χ4n) is 2.09. The molecular formula is C16H16BrFO2. The van der Waals surface area contributed by atoms with Gasteiger partial charge in [-0.2, -0.15) is 0 Å². The number of aliphatic hydroxyl groups is 2. The Morgan fingerprint density at radius 1 is 1.05 bits per heavy atom. The lowest BCUT2D eigenvalue weighted by molar-refractivity contribution is 0.193. The van der Waals surface area contributed by atoms with Crippen molar-refractivity contribution < 1.29 is 14.6 Å². The molecule has 20 heavy (non-hydrogen) atoms. The minimum absolute atomic E-state index is 0.226. The van der Waals surface area contributed by atoms with Gasteiger partial charge < -0.3 is 10.2 Å². The third kappa shape index (κ3) is 3.08. The zero-order valence-electron chi connectivity index (χ0n) is 11.3. The Bertz CT molecular complexity index is 626. The molecule has 0 radical (unpaired) electrons. The van der Waals surface area contributed by atoms with E-state index in [1.807, 2.05) is 25.1 Å². The molecule has 2 aromatic carbocycles. The van der Waals surface area contributed by atoms with Crippen LogP contribution in [0.1, 0.15) is 41.4 Å². The van der Waals surface area contributed by atoms with Crippen LogP contribution >= 0.6 is 15.9 Å². The monoisotopic (exact) mass is 338 g/mol. The van der Waals surface area contributed by atoms with Gasteiger partial charge in [-0.1, -0.05) is 40.2 Å². The van der Waals surface area contributed by atoms with E-state index in [0.717, 1.165) is 10.0 Å². The molecule has 2 atom stereocenters. The van der Waals surface area contributed by atoms with Crippen LogP contribution in [0.15, 0.2) is 40.9 Å². The topological polar surface area (TPSA) is 40.5 Å². The van der Waals surface area contributed by atoms with Crippen molar-refractivity contribution in [1.82, 2.24) is 0 Å². The zero-order valence-corrected chi connectivity index (χ0v) is 12.9. The quantitative estimate of drug-likeness (QED) is 0.886. The highest BCUT2D eigenvalue weighted by Gasteiger charge is 2.16. The molecule has 0 bridgehead atoms. The molecule has 0 fully saturated rings. The number of benzene rings is 2. The van der Waals surface area contributed by atoms with E-state index in [1.54, 1.807) is 6.07 Å². The number of aliphatic hydroxyl groups excluding tert-OH is 2. The van der Waals surface area contributed by atoms with Crippen molar-refractivity contribution in [3.63, 3.8) is 0 Å². The Kier molecular flexibility index (Phi) is 4.58. The summed E-state index contributed by atoms with van der Waals surface area (Å²) in [5, 5.41) is 19.8. The smallest absolute Gasteiger partial charge is 0.129 e. The first kappa shape index (κ1) is 15.2. The third-order valence-electron chi connectivity index (χ3n) is 3.24. The second kappa shape index (κ2) is 6.04. The van der Waals surface area contributed by atoms with Gasteiger partial charge in [0.2, 0.25) is 0 Å². The summed E-state index contributed by atoms with van der Waals surface area (Å²) in [4.78, 5) is 0. The van der Waals surface area contributed by atoms with Gasteiger partial charge in [0.05, 0.1) is 6.10 Å². The number of halogens is 2. The fraction of sp³-hybridized carbons (Fsp3) is 0.250. The molecule has 2 N–H and O–H groups in total. The maximum Gasteiger partial charge on any atom is 0.129 e. The molecule has 0 aromatic heterocycles. The van der Waals surface area contributed by atoms with Gasteiger partial charge in [0.15, 0.2) is 0 Å². The fourth-order valence-corrected chi connectivity index (χ4v) is 2.80. The van der Waals surface area contributed by atoms with Crippen LogP contribution in [0.5, 0.6) is 0 Å². The van der Waals surface area contributed by atoms with E-state index >= 15 is 0 Å². The van der Waals surface area contributed by atoms with Crippen LogP contribution in [0.4, 0.5) is 4.39 Å². The molecule has 2 aromatic rings. The summed E-state index contributed by atoms with van der Waals surface area (Å²) in [6.45, 7) is 3.46. The minimum atomic E-state index is -0.914. The molecule has 1 unspecified atom stereocenters. The van der Waals surface area contributed by atoms with Crippen LogP contribution in [-0.2, 0) is 0 Å². The van der Waals surface area contributed by atoms with E-state index in [-0.39, 0.29) is 5.56 Å². The molecule has 0 spiro atoms. The summed E-state index contributed by atoms with van der Waals surface area (Å²) in [6.07, 6.45) is -1.78.